The lowest BCUT2D eigenvalue weighted by Gasteiger charge is -2.18. The van der Waals surface area contributed by atoms with Crippen LogP contribution in [-0.4, -0.2) is 9.78 Å². The van der Waals surface area contributed by atoms with Gasteiger partial charge in [0, 0.05) is 5.56 Å². The first kappa shape index (κ1) is 11.3. The van der Waals surface area contributed by atoms with Crippen molar-refractivity contribution in [2.75, 3.05) is 5.73 Å². The number of fused-ring (bicyclic) bond motifs is 1. The molecule has 0 unspecified atom stereocenters. The van der Waals surface area contributed by atoms with Gasteiger partial charge in [0.05, 0.1) is 11.4 Å². The van der Waals surface area contributed by atoms with E-state index in [1.165, 1.54) is 12.1 Å². The van der Waals surface area contributed by atoms with Crippen LogP contribution >= 0.6 is 0 Å². The van der Waals surface area contributed by atoms with Gasteiger partial charge in [0.1, 0.15) is 11.6 Å². The maximum Gasteiger partial charge on any atom is 0.131 e. The number of nitrogens with two attached hydrogens (primary N) is 1. The molecule has 4 heteroatoms. The normalized spacial score (nSPS) is 16.8. The van der Waals surface area contributed by atoms with Gasteiger partial charge in [-0.05, 0) is 36.5 Å². The van der Waals surface area contributed by atoms with Crippen LogP contribution in [0, 0.1) is 5.82 Å². The summed E-state index contributed by atoms with van der Waals surface area (Å²) in [5.41, 5.74) is 9.09. The third kappa shape index (κ3) is 1.52. The monoisotopic (exact) mass is 245 g/mol. The highest BCUT2D eigenvalue weighted by Gasteiger charge is 2.35. The zero-order valence-electron chi connectivity index (χ0n) is 10.6. The van der Waals surface area contributed by atoms with E-state index in [4.69, 9.17) is 5.73 Å². The Morgan fingerprint density at radius 1 is 1.39 bits per heavy atom. The lowest BCUT2D eigenvalue weighted by molar-refractivity contribution is 0.519. The second-order valence-electron chi connectivity index (χ2n) is 5.48. The summed E-state index contributed by atoms with van der Waals surface area (Å²) in [6.45, 7) is 4.35. The second kappa shape index (κ2) is 3.57. The molecule has 1 aromatic heterocycles. The van der Waals surface area contributed by atoms with Gasteiger partial charge in [-0.25, -0.2) is 9.07 Å². The zero-order valence-corrected chi connectivity index (χ0v) is 10.6. The smallest absolute Gasteiger partial charge is 0.131 e. The Morgan fingerprint density at radius 3 is 2.83 bits per heavy atom. The number of aromatic nitrogens is 2. The topological polar surface area (TPSA) is 43.8 Å². The summed E-state index contributed by atoms with van der Waals surface area (Å²) in [6, 6.07) is 6.35. The van der Waals surface area contributed by atoms with Crippen molar-refractivity contribution in [2.45, 2.75) is 32.1 Å². The molecule has 1 aromatic carbocycles. The van der Waals surface area contributed by atoms with E-state index in [2.05, 4.69) is 18.9 Å². The van der Waals surface area contributed by atoms with Gasteiger partial charge in [0.2, 0.25) is 0 Å². The van der Waals surface area contributed by atoms with E-state index in [0.29, 0.717) is 11.5 Å². The molecular formula is C14H16FN3. The van der Waals surface area contributed by atoms with Crippen LogP contribution in [-0.2, 0) is 11.8 Å². The SMILES string of the molecule is CC1(C)CCc2nn(-c3cccc(F)c3)c(N)c21. The van der Waals surface area contributed by atoms with Crippen molar-refractivity contribution in [3.05, 3.63) is 41.3 Å². The Labute approximate surface area is 105 Å². The molecule has 94 valence electrons. The summed E-state index contributed by atoms with van der Waals surface area (Å²) in [7, 11) is 0. The maximum absolute atomic E-state index is 13.3. The van der Waals surface area contributed by atoms with Crippen LogP contribution in [0.2, 0.25) is 0 Å². The Morgan fingerprint density at radius 2 is 2.17 bits per heavy atom. The Balaban J connectivity index is 2.17. The van der Waals surface area contributed by atoms with E-state index in [1.54, 1.807) is 10.7 Å². The predicted molar refractivity (Wildman–Crippen MR) is 69.3 cm³/mol. The van der Waals surface area contributed by atoms with Crippen LogP contribution in [0.5, 0.6) is 0 Å². The predicted octanol–water partition coefficient (Wildman–Crippen LogP) is 2.82. The summed E-state index contributed by atoms with van der Waals surface area (Å²) in [4.78, 5) is 0. The van der Waals surface area contributed by atoms with E-state index in [1.807, 2.05) is 6.07 Å². The summed E-state index contributed by atoms with van der Waals surface area (Å²) in [6.07, 6.45) is 2.01. The number of hydrogen-bond acceptors (Lipinski definition) is 2. The molecule has 0 fully saturated rings. The maximum atomic E-state index is 13.3. The van der Waals surface area contributed by atoms with Crippen molar-refractivity contribution in [1.29, 1.82) is 0 Å². The molecule has 2 N–H and O–H groups in total. The fraction of sp³-hybridized carbons (Fsp3) is 0.357. The van der Waals surface area contributed by atoms with Crippen LogP contribution in [0.25, 0.3) is 5.69 Å². The van der Waals surface area contributed by atoms with Crippen LogP contribution in [0.1, 0.15) is 31.5 Å². The Bertz CT molecular complexity index is 613. The van der Waals surface area contributed by atoms with E-state index in [0.717, 1.165) is 24.1 Å². The molecule has 1 heterocycles. The van der Waals surface area contributed by atoms with Crippen molar-refractivity contribution in [3.8, 4) is 5.69 Å². The highest BCUT2D eigenvalue weighted by molar-refractivity contribution is 5.55. The molecule has 1 aliphatic carbocycles. The molecule has 0 amide bonds. The van der Waals surface area contributed by atoms with Gasteiger partial charge < -0.3 is 5.73 Å². The molecule has 0 spiro atoms. The highest BCUT2D eigenvalue weighted by atomic mass is 19.1. The first-order chi connectivity index (χ1) is 8.49. The molecule has 2 aromatic rings. The molecule has 3 nitrogen and oxygen atoms in total. The minimum atomic E-state index is -0.276. The number of anilines is 1. The second-order valence-corrected chi connectivity index (χ2v) is 5.48. The van der Waals surface area contributed by atoms with Crippen molar-refractivity contribution in [1.82, 2.24) is 9.78 Å². The van der Waals surface area contributed by atoms with Crippen molar-refractivity contribution in [2.24, 2.45) is 0 Å². The molecule has 3 rings (SSSR count). The average molecular weight is 245 g/mol. The quantitative estimate of drug-likeness (QED) is 0.839. The summed E-state index contributed by atoms with van der Waals surface area (Å²) in [5, 5.41) is 4.52. The molecule has 0 atom stereocenters. The Hall–Kier alpha value is -1.84. The van der Waals surface area contributed by atoms with Crippen LogP contribution in [0.3, 0.4) is 0 Å². The van der Waals surface area contributed by atoms with Gasteiger partial charge in [-0.3, -0.25) is 0 Å². The minimum absolute atomic E-state index is 0.0605. The molecule has 0 saturated carbocycles. The summed E-state index contributed by atoms with van der Waals surface area (Å²) in [5.74, 6) is 0.361. The van der Waals surface area contributed by atoms with Crippen LogP contribution in [0.15, 0.2) is 24.3 Å². The summed E-state index contributed by atoms with van der Waals surface area (Å²) >= 11 is 0. The van der Waals surface area contributed by atoms with E-state index in [-0.39, 0.29) is 11.2 Å². The van der Waals surface area contributed by atoms with Crippen LogP contribution in [0.4, 0.5) is 10.2 Å². The third-order valence-corrected chi connectivity index (χ3v) is 3.71. The van der Waals surface area contributed by atoms with Crippen molar-refractivity contribution in [3.63, 3.8) is 0 Å². The van der Waals surface area contributed by atoms with Gasteiger partial charge in [-0.1, -0.05) is 19.9 Å². The molecular weight excluding hydrogens is 229 g/mol. The van der Waals surface area contributed by atoms with Crippen molar-refractivity contribution >= 4 is 5.82 Å². The third-order valence-electron chi connectivity index (χ3n) is 3.71. The fourth-order valence-corrected chi connectivity index (χ4v) is 2.75. The number of nitrogens with zero attached hydrogens (tertiary/aromatic N) is 2. The fourth-order valence-electron chi connectivity index (χ4n) is 2.75. The number of benzene rings is 1. The van der Waals surface area contributed by atoms with E-state index >= 15 is 0 Å². The number of hydrogen-bond donors (Lipinski definition) is 1. The largest absolute Gasteiger partial charge is 0.383 e. The first-order valence-electron chi connectivity index (χ1n) is 6.13. The molecule has 0 bridgehead atoms. The highest BCUT2D eigenvalue weighted by Crippen LogP contribution is 2.42. The summed E-state index contributed by atoms with van der Waals surface area (Å²) < 4.78 is 14.9. The van der Waals surface area contributed by atoms with Gasteiger partial charge >= 0.3 is 0 Å². The minimum Gasteiger partial charge on any atom is -0.383 e. The lowest BCUT2D eigenvalue weighted by atomic mass is 9.87. The molecule has 0 saturated heterocycles. The molecule has 18 heavy (non-hydrogen) atoms. The standard InChI is InChI=1S/C14H16FN3/c1-14(2)7-6-11-12(14)13(16)18(17-11)10-5-3-4-9(15)8-10/h3-5,8H,6-7,16H2,1-2H3. The number of halogens is 1. The Kier molecular flexibility index (Phi) is 2.24. The molecule has 0 radical (unpaired) electrons. The number of aryl methyl sites for hydroxylation is 1. The van der Waals surface area contributed by atoms with Gasteiger partial charge in [-0.15, -0.1) is 0 Å². The van der Waals surface area contributed by atoms with Gasteiger partial charge in [0.15, 0.2) is 0 Å². The van der Waals surface area contributed by atoms with Crippen LogP contribution < -0.4 is 5.73 Å². The number of nitrogen functional groups attached to an aromatic ring is 1. The van der Waals surface area contributed by atoms with Gasteiger partial charge in [-0.2, -0.15) is 5.10 Å². The lowest BCUT2D eigenvalue weighted by Crippen LogP contribution is -2.15. The van der Waals surface area contributed by atoms with Gasteiger partial charge in [0.25, 0.3) is 0 Å². The number of rotatable bonds is 1. The molecule has 0 aliphatic heterocycles. The molecule has 1 aliphatic rings. The zero-order chi connectivity index (χ0) is 12.9. The average Bonchev–Trinajstić information content (AvgIpc) is 2.79. The van der Waals surface area contributed by atoms with Crippen molar-refractivity contribution < 1.29 is 4.39 Å². The van der Waals surface area contributed by atoms with E-state index < -0.39 is 0 Å². The van der Waals surface area contributed by atoms with E-state index in [9.17, 15) is 4.39 Å². The first-order valence-corrected chi connectivity index (χ1v) is 6.13.